The number of ether oxygens (including phenoxy) is 1. The molecule has 1 saturated heterocycles. The van der Waals surface area contributed by atoms with E-state index in [-0.39, 0.29) is 17.6 Å². The summed E-state index contributed by atoms with van der Waals surface area (Å²) in [6.45, 7) is 9.15. The second kappa shape index (κ2) is 7.86. The monoisotopic (exact) mass is 449 g/mol. The lowest BCUT2D eigenvalue weighted by atomic mass is 9.74. The van der Waals surface area contributed by atoms with Crippen LogP contribution in [-0.4, -0.2) is 40.8 Å². The van der Waals surface area contributed by atoms with Gasteiger partial charge in [-0.3, -0.25) is 0 Å². The van der Waals surface area contributed by atoms with Crippen molar-refractivity contribution in [2.75, 3.05) is 18.0 Å². The first-order chi connectivity index (χ1) is 13.1. The van der Waals surface area contributed by atoms with Crippen LogP contribution in [0.2, 0.25) is 0 Å². The zero-order valence-electron chi connectivity index (χ0n) is 17.0. The van der Waals surface area contributed by atoms with Gasteiger partial charge in [0.25, 0.3) is 0 Å². The quantitative estimate of drug-likeness (QED) is 0.730. The standard InChI is InChI=1S/C20H28BrN5O2/c1-13-16(21)14(12-22)24-17(23-13)26-10-8-20(9-11-26)7-5-6-15(20)25-18(27)28-19(2,3)4/h15H,5-11H2,1-4H3,(H,25,27)/t15-/m1/s1. The minimum atomic E-state index is -0.492. The molecule has 2 heterocycles. The number of aromatic nitrogens is 2. The molecule has 1 spiro atoms. The van der Waals surface area contributed by atoms with E-state index in [4.69, 9.17) is 4.74 Å². The van der Waals surface area contributed by atoms with Crippen LogP contribution in [0.5, 0.6) is 0 Å². The van der Waals surface area contributed by atoms with Crippen LogP contribution in [0.25, 0.3) is 0 Å². The van der Waals surface area contributed by atoms with Gasteiger partial charge in [-0.2, -0.15) is 5.26 Å². The summed E-state index contributed by atoms with van der Waals surface area (Å²) in [5.41, 5.74) is 0.755. The van der Waals surface area contributed by atoms with Crippen molar-refractivity contribution in [1.82, 2.24) is 15.3 Å². The van der Waals surface area contributed by atoms with Crippen LogP contribution in [0.4, 0.5) is 10.7 Å². The number of anilines is 1. The van der Waals surface area contributed by atoms with E-state index < -0.39 is 5.60 Å². The number of aryl methyl sites for hydroxylation is 1. The third-order valence-electron chi connectivity index (χ3n) is 5.75. The van der Waals surface area contributed by atoms with Gasteiger partial charge in [-0.25, -0.2) is 14.8 Å². The van der Waals surface area contributed by atoms with E-state index >= 15 is 0 Å². The molecule has 2 fully saturated rings. The van der Waals surface area contributed by atoms with Crippen molar-refractivity contribution in [2.45, 2.75) is 71.4 Å². The van der Waals surface area contributed by atoms with E-state index in [9.17, 15) is 10.1 Å². The molecular weight excluding hydrogens is 422 g/mol. The summed E-state index contributed by atoms with van der Waals surface area (Å²) in [5.74, 6) is 0.613. The Morgan fingerprint density at radius 1 is 1.32 bits per heavy atom. The van der Waals surface area contributed by atoms with Gasteiger partial charge in [-0.1, -0.05) is 6.42 Å². The molecule has 1 aliphatic heterocycles. The van der Waals surface area contributed by atoms with Crippen LogP contribution < -0.4 is 10.2 Å². The van der Waals surface area contributed by atoms with Gasteiger partial charge in [0.2, 0.25) is 5.95 Å². The number of halogens is 1. The molecule has 1 N–H and O–H groups in total. The third kappa shape index (κ3) is 4.40. The Morgan fingerprint density at radius 2 is 2.00 bits per heavy atom. The first-order valence-corrected chi connectivity index (χ1v) is 10.6. The maximum absolute atomic E-state index is 12.3. The summed E-state index contributed by atoms with van der Waals surface area (Å²) in [6, 6.07) is 2.27. The van der Waals surface area contributed by atoms with Gasteiger partial charge in [0.1, 0.15) is 11.7 Å². The number of carbonyl (C=O) groups excluding carboxylic acids is 1. The normalized spacial score (nSPS) is 21.4. The number of hydrogen-bond donors (Lipinski definition) is 1. The van der Waals surface area contributed by atoms with Crippen molar-refractivity contribution in [3.8, 4) is 6.07 Å². The van der Waals surface area contributed by atoms with E-state index in [0.29, 0.717) is 16.1 Å². The van der Waals surface area contributed by atoms with Crippen molar-refractivity contribution < 1.29 is 9.53 Å². The Labute approximate surface area is 175 Å². The Hall–Kier alpha value is -1.88. The Morgan fingerprint density at radius 3 is 2.61 bits per heavy atom. The number of hydrogen-bond acceptors (Lipinski definition) is 6. The number of rotatable bonds is 2. The molecule has 8 heteroatoms. The molecule has 1 saturated carbocycles. The van der Waals surface area contributed by atoms with Gasteiger partial charge in [-0.05, 0) is 74.7 Å². The van der Waals surface area contributed by atoms with Crippen molar-refractivity contribution in [3.63, 3.8) is 0 Å². The number of piperidine rings is 1. The molecule has 1 amide bonds. The fraction of sp³-hybridized carbons (Fsp3) is 0.700. The number of nitrogens with zero attached hydrogens (tertiary/aromatic N) is 4. The topological polar surface area (TPSA) is 91.1 Å². The summed E-state index contributed by atoms with van der Waals surface area (Å²) >= 11 is 3.38. The number of nitriles is 1. The summed E-state index contributed by atoms with van der Waals surface area (Å²) in [4.78, 5) is 23.4. The van der Waals surface area contributed by atoms with Crippen LogP contribution in [0.15, 0.2) is 4.47 Å². The maximum Gasteiger partial charge on any atom is 0.407 e. The summed E-state index contributed by atoms with van der Waals surface area (Å²) in [5, 5.41) is 12.4. The second-order valence-electron chi connectivity index (χ2n) is 8.82. The lowest BCUT2D eigenvalue weighted by Crippen LogP contribution is -2.51. The first-order valence-electron chi connectivity index (χ1n) is 9.82. The molecule has 152 valence electrons. The Balaban J connectivity index is 1.68. The minimum absolute atomic E-state index is 0.107. The van der Waals surface area contributed by atoms with E-state index in [1.165, 1.54) is 0 Å². The smallest absolute Gasteiger partial charge is 0.407 e. The average molecular weight is 450 g/mol. The molecule has 1 aliphatic carbocycles. The number of amides is 1. The fourth-order valence-corrected chi connectivity index (χ4v) is 4.59. The average Bonchev–Trinajstić information content (AvgIpc) is 2.98. The first kappa shape index (κ1) is 20.8. The van der Waals surface area contributed by atoms with E-state index in [1.54, 1.807) is 0 Å². The van der Waals surface area contributed by atoms with Crippen molar-refractivity contribution >= 4 is 28.0 Å². The van der Waals surface area contributed by atoms with Crippen LogP contribution in [0, 0.1) is 23.7 Å². The van der Waals surface area contributed by atoms with Crippen LogP contribution in [-0.2, 0) is 4.74 Å². The fourth-order valence-electron chi connectivity index (χ4n) is 4.32. The molecule has 1 atom stereocenters. The highest BCUT2D eigenvalue weighted by atomic mass is 79.9. The third-order valence-corrected chi connectivity index (χ3v) is 6.70. The van der Waals surface area contributed by atoms with Gasteiger partial charge >= 0.3 is 6.09 Å². The number of carbonyl (C=O) groups is 1. The second-order valence-corrected chi connectivity index (χ2v) is 9.62. The number of alkyl carbamates (subject to hydrolysis) is 1. The largest absolute Gasteiger partial charge is 0.444 e. The van der Waals surface area contributed by atoms with Gasteiger partial charge < -0.3 is 15.0 Å². The lowest BCUT2D eigenvalue weighted by Gasteiger charge is -2.43. The zero-order valence-corrected chi connectivity index (χ0v) is 18.6. The SMILES string of the molecule is Cc1nc(N2CCC3(CCC[C@H]3NC(=O)OC(C)(C)C)CC2)nc(C#N)c1Br. The van der Waals surface area contributed by atoms with Crippen LogP contribution in [0.3, 0.4) is 0 Å². The highest BCUT2D eigenvalue weighted by Gasteiger charge is 2.46. The van der Waals surface area contributed by atoms with Crippen molar-refractivity contribution in [1.29, 1.82) is 5.26 Å². The molecular formula is C20H28BrN5O2. The minimum Gasteiger partial charge on any atom is -0.444 e. The lowest BCUT2D eigenvalue weighted by molar-refractivity contribution is 0.0442. The molecule has 0 unspecified atom stereocenters. The molecule has 1 aromatic heterocycles. The maximum atomic E-state index is 12.3. The van der Waals surface area contributed by atoms with Crippen molar-refractivity contribution in [3.05, 3.63) is 15.9 Å². The Bertz CT molecular complexity index is 791. The van der Waals surface area contributed by atoms with Crippen LogP contribution in [0.1, 0.15) is 64.3 Å². The van der Waals surface area contributed by atoms with Gasteiger partial charge in [0, 0.05) is 19.1 Å². The molecule has 0 bridgehead atoms. The molecule has 2 aliphatic rings. The van der Waals surface area contributed by atoms with Crippen molar-refractivity contribution in [2.24, 2.45) is 5.41 Å². The van der Waals surface area contributed by atoms with Gasteiger partial charge in [-0.15, -0.1) is 0 Å². The molecule has 1 aromatic rings. The van der Waals surface area contributed by atoms with E-state index in [0.717, 1.165) is 50.9 Å². The van der Waals surface area contributed by atoms with E-state index in [1.807, 2.05) is 27.7 Å². The highest BCUT2D eigenvalue weighted by Crippen LogP contribution is 2.47. The zero-order chi connectivity index (χ0) is 20.5. The molecule has 3 rings (SSSR count). The molecule has 28 heavy (non-hydrogen) atoms. The Kier molecular flexibility index (Phi) is 5.85. The van der Waals surface area contributed by atoms with E-state index in [2.05, 4.69) is 42.2 Å². The summed E-state index contributed by atoms with van der Waals surface area (Å²) in [7, 11) is 0. The van der Waals surface area contributed by atoms with Crippen LogP contribution >= 0.6 is 15.9 Å². The number of nitrogens with one attached hydrogen (secondary N) is 1. The summed E-state index contributed by atoms with van der Waals surface area (Å²) in [6.07, 6.45) is 4.83. The molecule has 7 nitrogen and oxygen atoms in total. The predicted molar refractivity (Wildman–Crippen MR) is 110 cm³/mol. The molecule has 0 radical (unpaired) electrons. The van der Waals surface area contributed by atoms with Gasteiger partial charge in [0.05, 0.1) is 10.2 Å². The summed E-state index contributed by atoms with van der Waals surface area (Å²) < 4.78 is 6.12. The van der Waals surface area contributed by atoms with Gasteiger partial charge in [0.15, 0.2) is 5.69 Å². The predicted octanol–water partition coefficient (Wildman–Crippen LogP) is 4.08. The molecule has 0 aromatic carbocycles. The highest BCUT2D eigenvalue weighted by molar-refractivity contribution is 9.10.